The molecule has 5 aromatic rings. The van der Waals surface area contributed by atoms with E-state index in [4.69, 9.17) is 0 Å². The number of para-hydroxylation sites is 2. The molecule has 0 aliphatic carbocycles. The van der Waals surface area contributed by atoms with E-state index in [0.29, 0.717) is 0 Å². The first kappa shape index (κ1) is 17.6. The summed E-state index contributed by atoms with van der Waals surface area (Å²) in [5.41, 5.74) is 1.43. The molecule has 5 rings (SSSR count). The van der Waals surface area contributed by atoms with Crippen LogP contribution in [-0.2, 0) is 0 Å². The third-order valence-electron chi connectivity index (χ3n) is 4.97. The number of benzene rings is 3. The van der Waals surface area contributed by atoms with Gasteiger partial charge >= 0.3 is 0 Å². The van der Waals surface area contributed by atoms with Crippen molar-refractivity contribution in [3.8, 4) is 0 Å². The van der Waals surface area contributed by atoms with Crippen molar-refractivity contribution in [1.29, 1.82) is 0 Å². The molecule has 0 radical (unpaired) electrons. The summed E-state index contributed by atoms with van der Waals surface area (Å²) in [5, 5.41) is 5.23. The fourth-order valence-corrected chi connectivity index (χ4v) is 6.26. The largest absolute Gasteiger partial charge is 0.321 e. The van der Waals surface area contributed by atoms with Gasteiger partial charge in [0.25, 0.3) is 0 Å². The molecule has 2 N–H and O–H groups in total. The van der Waals surface area contributed by atoms with Gasteiger partial charge in [-0.25, -0.2) is 0 Å². The maximum atomic E-state index is 12.1. The number of pyridine rings is 2. The SMILES string of the molecule is O=c1ccc2cccc(P(c3ccccc3)c3cccc4ccc(=O)[nH]c34)c2[nH]1. The maximum Gasteiger partial charge on any atom is 0.248 e. The first-order valence-electron chi connectivity index (χ1n) is 9.30. The van der Waals surface area contributed by atoms with Gasteiger partial charge in [0.2, 0.25) is 11.1 Å². The van der Waals surface area contributed by atoms with Crippen molar-refractivity contribution < 1.29 is 0 Å². The van der Waals surface area contributed by atoms with Crippen LogP contribution in [0, 0.1) is 0 Å². The highest BCUT2D eigenvalue weighted by molar-refractivity contribution is 7.80. The molecule has 2 heterocycles. The van der Waals surface area contributed by atoms with E-state index >= 15 is 0 Å². The number of fused-ring (bicyclic) bond motifs is 2. The van der Waals surface area contributed by atoms with Crippen molar-refractivity contribution in [1.82, 2.24) is 9.97 Å². The summed E-state index contributed by atoms with van der Waals surface area (Å²) in [4.78, 5) is 30.2. The molecule has 3 aromatic carbocycles. The quantitative estimate of drug-likeness (QED) is 0.460. The standard InChI is InChI=1S/C24H17N2O2P/c27-21-14-12-16-6-4-10-19(23(16)25-21)29(18-8-2-1-3-9-18)20-11-5-7-17-13-15-22(28)26-24(17)20/h1-15H,(H,25,27)(H,26,28). The van der Waals surface area contributed by atoms with E-state index in [-0.39, 0.29) is 11.1 Å². The van der Waals surface area contributed by atoms with Gasteiger partial charge in [-0.3, -0.25) is 9.59 Å². The highest BCUT2D eigenvalue weighted by atomic mass is 31.1. The summed E-state index contributed by atoms with van der Waals surface area (Å²) < 4.78 is 0. The van der Waals surface area contributed by atoms with Crippen LogP contribution in [0.1, 0.15) is 0 Å². The van der Waals surface area contributed by atoms with E-state index in [0.717, 1.165) is 37.7 Å². The van der Waals surface area contributed by atoms with Gasteiger partial charge in [-0.2, -0.15) is 0 Å². The minimum atomic E-state index is -1.01. The normalized spacial score (nSPS) is 11.3. The minimum absolute atomic E-state index is 0.126. The van der Waals surface area contributed by atoms with Gasteiger partial charge in [0, 0.05) is 22.7 Å². The number of H-pyrrole nitrogens is 2. The summed E-state index contributed by atoms with van der Waals surface area (Å²) in [6, 6.07) is 29.2. The molecule has 29 heavy (non-hydrogen) atoms. The molecule has 0 aliphatic heterocycles. The Morgan fingerprint density at radius 2 is 1.03 bits per heavy atom. The lowest BCUT2D eigenvalue weighted by atomic mass is 10.2. The summed E-state index contributed by atoms with van der Waals surface area (Å²) in [6.45, 7) is 0. The molecular weight excluding hydrogens is 379 g/mol. The molecule has 0 saturated heterocycles. The Hall–Kier alpha value is -3.49. The number of nitrogens with one attached hydrogen (secondary N) is 2. The summed E-state index contributed by atoms with van der Waals surface area (Å²) in [6.07, 6.45) is 0. The average molecular weight is 396 g/mol. The van der Waals surface area contributed by atoms with Crippen LogP contribution in [0.2, 0.25) is 0 Å². The fraction of sp³-hybridized carbons (Fsp3) is 0. The second-order valence-electron chi connectivity index (χ2n) is 6.80. The van der Waals surface area contributed by atoms with Gasteiger partial charge in [0.1, 0.15) is 0 Å². The molecule has 0 unspecified atom stereocenters. The Labute approximate surface area is 167 Å². The fourth-order valence-electron chi connectivity index (χ4n) is 3.68. The lowest BCUT2D eigenvalue weighted by Crippen LogP contribution is -2.24. The molecule has 140 valence electrons. The van der Waals surface area contributed by atoms with Gasteiger partial charge in [-0.15, -0.1) is 0 Å². The van der Waals surface area contributed by atoms with Gasteiger partial charge in [-0.05, 0) is 36.1 Å². The third kappa shape index (κ3) is 3.18. The topological polar surface area (TPSA) is 65.7 Å². The average Bonchev–Trinajstić information content (AvgIpc) is 2.75. The van der Waals surface area contributed by atoms with Crippen LogP contribution in [0.25, 0.3) is 21.8 Å². The second kappa shape index (κ2) is 7.16. The Kier molecular flexibility index (Phi) is 4.34. The van der Waals surface area contributed by atoms with E-state index in [2.05, 4.69) is 34.2 Å². The van der Waals surface area contributed by atoms with E-state index in [1.54, 1.807) is 12.1 Å². The van der Waals surface area contributed by atoms with Crippen LogP contribution < -0.4 is 27.0 Å². The van der Waals surface area contributed by atoms with Gasteiger partial charge in [-0.1, -0.05) is 66.7 Å². The Balaban J connectivity index is 1.89. The number of aromatic nitrogens is 2. The molecule has 0 amide bonds. The van der Waals surface area contributed by atoms with Gasteiger partial charge < -0.3 is 9.97 Å². The van der Waals surface area contributed by atoms with Crippen LogP contribution in [0.15, 0.2) is 101 Å². The van der Waals surface area contributed by atoms with Gasteiger partial charge in [0.15, 0.2) is 0 Å². The second-order valence-corrected chi connectivity index (χ2v) is 8.95. The molecule has 0 spiro atoms. The van der Waals surface area contributed by atoms with Crippen molar-refractivity contribution >= 4 is 45.6 Å². The van der Waals surface area contributed by atoms with Gasteiger partial charge in [0.05, 0.1) is 11.0 Å². The van der Waals surface area contributed by atoms with E-state index < -0.39 is 7.92 Å². The zero-order chi connectivity index (χ0) is 19.8. The summed E-state index contributed by atoms with van der Waals surface area (Å²) in [5.74, 6) is 0. The zero-order valence-electron chi connectivity index (χ0n) is 15.4. The molecule has 2 aromatic heterocycles. The molecule has 0 aliphatic rings. The smallest absolute Gasteiger partial charge is 0.248 e. The lowest BCUT2D eigenvalue weighted by Gasteiger charge is -2.22. The van der Waals surface area contributed by atoms with Crippen LogP contribution in [0.4, 0.5) is 0 Å². The van der Waals surface area contributed by atoms with Crippen molar-refractivity contribution in [3.05, 3.63) is 112 Å². The van der Waals surface area contributed by atoms with Crippen molar-refractivity contribution in [2.45, 2.75) is 0 Å². The van der Waals surface area contributed by atoms with Crippen LogP contribution in [0.3, 0.4) is 0 Å². The summed E-state index contributed by atoms with van der Waals surface area (Å²) in [7, 11) is -1.01. The van der Waals surface area contributed by atoms with E-state index in [9.17, 15) is 9.59 Å². The van der Waals surface area contributed by atoms with Crippen molar-refractivity contribution in [2.75, 3.05) is 0 Å². The Morgan fingerprint density at radius 3 is 1.55 bits per heavy atom. The summed E-state index contributed by atoms with van der Waals surface area (Å²) >= 11 is 0. The zero-order valence-corrected chi connectivity index (χ0v) is 16.3. The minimum Gasteiger partial charge on any atom is -0.321 e. The van der Waals surface area contributed by atoms with E-state index in [1.807, 2.05) is 54.6 Å². The van der Waals surface area contributed by atoms with Crippen LogP contribution in [0.5, 0.6) is 0 Å². The molecular formula is C24H17N2O2P. The first-order valence-corrected chi connectivity index (χ1v) is 10.6. The molecule has 4 nitrogen and oxygen atoms in total. The third-order valence-corrected chi connectivity index (χ3v) is 7.49. The van der Waals surface area contributed by atoms with Crippen molar-refractivity contribution in [2.24, 2.45) is 0 Å². The predicted molar refractivity (Wildman–Crippen MR) is 121 cm³/mol. The Morgan fingerprint density at radius 1 is 0.517 bits per heavy atom. The molecule has 5 heteroatoms. The molecule has 0 atom stereocenters. The Bertz CT molecular complexity index is 1360. The van der Waals surface area contributed by atoms with Crippen LogP contribution in [-0.4, -0.2) is 9.97 Å². The van der Waals surface area contributed by atoms with Crippen molar-refractivity contribution in [3.63, 3.8) is 0 Å². The predicted octanol–water partition coefficient (Wildman–Crippen LogP) is 3.13. The monoisotopic (exact) mass is 396 g/mol. The maximum absolute atomic E-state index is 12.1. The number of hydrogen-bond acceptors (Lipinski definition) is 2. The highest BCUT2D eigenvalue weighted by Crippen LogP contribution is 2.36. The van der Waals surface area contributed by atoms with E-state index in [1.165, 1.54) is 0 Å². The molecule has 0 saturated carbocycles. The molecule has 0 fully saturated rings. The number of hydrogen-bond donors (Lipinski definition) is 2. The lowest BCUT2D eigenvalue weighted by molar-refractivity contribution is 1.31. The highest BCUT2D eigenvalue weighted by Gasteiger charge is 2.21. The number of aromatic amines is 2. The number of rotatable bonds is 3. The molecule has 0 bridgehead atoms. The first-order chi connectivity index (χ1) is 14.2. The van der Waals surface area contributed by atoms with Crippen LogP contribution >= 0.6 is 7.92 Å².